The summed E-state index contributed by atoms with van der Waals surface area (Å²) in [7, 11) is 0. The minimum atomic E-state index is -0.744. The van der Waals surface area contributed by atoms with Crippen LogP contribution in [0.4, 0.5) is 0 Å². The van der Waals surface area contributed by atoms with Crippen LogP contribution in [0.5, 0.6) is 0 Å². The van der Waals surface area contributed by atoms with Gasteiger partial charge in [-0.1, -0.05) is 0 Å². The van der Waals surface area contributed by atoms with Crippen LogP contribution in [0.2, 0.25) is 0 Å². The molecule has 0 radical (unpaired) electrons. The Morgan fingerprint density at radius 3 is 2.86 bits per heavy atom. The molecule has 3 aliphatic rings. The molecule has 1 N–H and O–H groups in total. The number of nitrogens with zero attached hydrogens (tertiary/aromatic N) is 1. The van der Waals surface area contributed by atoms with Gasteiger partial charge in [0.15, 0.2) is 0 Å². The van der Waals surface area contributed by atoms with E-state index in [1.807, 2.05) is 4.90 Å². The van der Waals surface area contributed by atoms with E-state index < -0.39 is 12.1 Å². The summed E-state index contributed by atoms with van der Waals surface area (Å²) in [6.07, 6.45) is 1.18. The van der Waals surface area contributed by atoms with Crippen molar-refractivity contribution in [2.45, 2.75) is 18.9 Å². The summed E-state index contributed by atoms with van der Waals surface area (Å²) < 4.78 is 5.62. The van der Waals surface area contributed by atoms with Gasteiger partial charge in [-0.15, -0.1) is 0 Å². The summed E-state index contributed by atoms with van der Waals surface area (Å²) in [5, 5.41) is 13.3. The molecule has 0 unspecified atom stereocenters. The lowest BCUT2D eigenvalue weighted by Crippen LogP contribution is -2.54. The van der Waals surface area contributed by atoms with E-state index in [1.54, 1.807) is 11.3 Å². The van der Waals surface area contributed by atoms with E-state index in [-0.39, 0.29) is 23.7 Å². The molecule has 1 aliphatic carbocycles. The Morgan fingerprint density at radius 2 is 2.18 bits per heavy atom. The average molecular weight is 321 g/mol. The summed E-state index contributed by atoms with van der Waals surface area (Å²) in [5.41, 5.74) is 1.35. The zero-order valence-electron chi connectivity index (χ0n) is 12.2. The smallest absolute Gasteiger partial charge is 0.307 e. The Bertz CT molecular complexity index is 581. The summed E-state index contributed by atoms with van der Waals surface area (Å²) in [5.74, 6) is -0.169. The highest BCUT2D eigenvalue weighted by molar-refractivity contribution is 7.07. The molecule has 1 aromatic rings. The number of ether oxygens (including phenoxy) is 1. The molecule has 4 atom stereocenters. The predicted molar refractivity (Wildman–Crippen MR) is 80.6 cm³/mol. The molecule has 1 aromatic heterocycles. The summed E-state index contributed by atoms with van der Waals surface area (Å²) in [4.78, 5) is 25.3. The fourth-order valence-corrected chi connectivity index (χ4v) is 4.58. The van der Waals surface area contributed by atoms with Gasteiger partial charge in [0.1, 0.15) is 6.10 Å². The lowest BCUT2D eigenvalue weighted by Gasteiger charge is -2.41. The van der Waals surface area contributed by atoms with Crippen molar-refractivity contribution in [3.05, 3.63) is 22.4 Å². The SMILES string of the molecule is O=C(O)[C@@H]1[C@@H]2CO[C@H](C(=O)N3CC(Cc4ccsc4)C3)C[C@@H]21. The Kier molecular flexibility index (Phi) is 3.46. The van der Waals surface area contributed by atoms with Crippen molar-refractivity contribution < 1.29 is 19.4 Å². The second-order valence-corrected chi connectivity index (χ2v) is 7.47. The van der Waals surface area contributed by atoms with Gasteiger partial charge >= 0.3 is 5.97 Å². The van der Waals surface area contributed by atoms with E-state index in [0.717, 1.165) is 19.5 Å². The van der Waals surface area contributed by atoms with Gasteiger partial charge in [-0.2, -0.15) is 11.3 Å². The van der Waals surface area contributed by atoms with Crippen molar-refractivity contribution >= 4 is 23.2 Å². The van der Waals surface area contributed by atoms with Gasteiger partial charge in [0.25, 0.3) is 5.91 Å². The Balaban J connectivity index is 1.27. The topological polar surface area (TPSA) is 66.8 Å². The predicted octanol–water partition coefficient (Wildman–Crippen LogP) is 1.48. The maximum atomic E-state index is 12.4. The van der Waals surface area contributed by atoms with Gasteiger partial charge in [0.05, 0.1) is 12.5 Å². The molecular weight excluding hydrogens is 302 g/mol. The zero-order valence-corrected chi connectivity index (χ0v) is 13.0. The van der Waals surface area contributed by atoms with Crippen molar-refractivity contribution in [1.82, 2.24) is 4.90 Å². The van der Waals surface area contributed by atoms with Gasteiger partial charge < -0.3 is 14.7 Å². The Hall–Kier alpha value is -1.40. The van der Waals surface area contributed by atoms with Gasteiger partial charge in [-0.05, 0) is 53.0 Å². The zero-order chi connectivity index (χ0) is 15.3. The number of carbonyl (C=O) groups excluding carboxylic acids is 1. The van der Waals surface area contributed by atoms with E-state index in [4.69, 9.17) is 9.84 Å². The summed E-state index contributed by atoms with van der Waals surface area (Å²) >= 11 is 1.70. The minimum absolute atomic E-state index is 0.0519. The third-order valence-electron chi connectivity index (χ3n) is 5.24. The molecule has 1 amide bonds. The molecule has 0 aromatic carbocycles. The van der Waals surface area contributed by atoms with Crippen molar-refractivity contribution in [2.24, 2.45) is 23.7 Å². The third kappa shape index (κ3) is 2.44. The fourth-order valence-electron chi connectivity index (χ4n) is 3.90. The Morgan fingerprint density at radius 1 is 1.36 bits per heavy atom. The lowest BCUT2D eigenvalue weighted by atomic mass is 9.92. The number of thiophene rings is 1. The van der Waals surface area contributed by atoms with Crippen LogP contribution in [-0.2, 0) is 20.7 Å². The highest BCUT2D eigenvalue weighted by Crippen LogP contribution is 2.52. The molecule has 22 heavy (non-hydrogen) atoms. The van der Waals surface area contributed by atoms with Crippen LogP contribution in [-0.4, -0.2) is 47.7 Å². The number of carboxylic acid groups (broad SMARTS) is 1. The van der Waals surface area contributed by atoms with Crippen LogP contribution < -0.4 is 0 Å². The first-order valence-electron chi connectivity index (χ1n) is 7.77. The molecule has 4 rings (SSSR count). The maximum Gasteiger partial charge on any atom is 0.307 e. The van der Waals surface area contributed by atoms with Crippen LogP contribution in [0.3, 0.4) is 0 Å². The molecule has 2 aliphatic heterocycles. The molecule has 2 saturated heterocycles. The minimum Gasteiger partial charge on any atom is -0.481 e. The second kappa shape index (κ2) is 5.35. The van der Waals surface area contributed by atoms with E-state index in [1.165, 1.54) is 5.56 Å². The van der Waals surface area contributed by atoms with Gasteiger partial charge in [0.2, 0.25) is 0 Å². The normalized spacial score (nSPS) is 33.9. The van der Waals surface area contributed by atoms with Crippen LogP contribution in [0, 0.1) is 23.7 Å². The van der Waals surface area contributed by atoms with E-state index in [2.05, 4.69) is 16.8 Å². The van der Waals surface area contributed by atoms with Crippen molar-refractivity contribution in [3.63, 3.8) is 0 Å². The first-order chi connectivity index (χ1) is 10.6. The summed E-state index contributed by atoms with van der Waals surface area (Å²) in [6, 6.07) is 2.14. The maximum absolute atomic E-state index is 12.4. The number of rotatable bonds is 4. The largest absolute Gasteiger partial charge is 0.481 e. The average Bonchev–Trinajstić information content (AvgIpc) is 2.95. The van der Waals surface area contributed by atoms with Gasteiger partial charge in [0, 0.05) is 13.1 Å². The molecule has 3 fully saturated rings. The van der Waals surface area contributed by atoms with E-state index in [9.17, 15) is 9.59 Å². The first kappa shape index (κ1) is 14.2. The third-order valence-corrected chi connectivity index (χ3v) is 5.97. The van der Waals surface area contributed by atoms with Gasteiger partial charge in [-0.3, -0.25) is 9.59 Å². The molecule has 1 saturated carbocycles. The van der Waals surface area contributed by atoms with Gasteiger partial charge in [-0.25, -0.2) is 0 Å². The molecule has 5 nitrogen and oxygen atoms in total. The monoisotopic (exact) mass is 321 g/mol. The molecule has 118 valence electrons. The molecule has 6 heteroatoms. The highest BCUT2D eigenvalue weighted by Gasteiger charge is 2.59. The number of hydrogen-bond donors (Lipinski definition) is 1. The number of hydrogen-bond acceptors (Lipinski definition) is 4. The highest BCUT2D eigenvalue weighted by atomic mass is 32.1. The molecule has 0 bridgehead atoms. The first-order valence-corrected chi connectivity index (χ1v) is 8.72. The van der Waals surface area contributed by atoms with E-state index >= 15 is 0 Å². The number of aliphatic carboxylic acids is 1. The number of likely N-dealkylation sites (tertiary alicyclic amines) is 1. The summed E-state index contributed by atoms with van der Waals surface area (Å²) in [6.45, 7) is 2.01. The van der Waals surface area contributed by atoms with E-state index in [0.29, 0.717) is 18.9 Å². The van der Waals surface area contributed by atoms with Crippen LogP contribution in [0.15, 0.2) is 16.8 Å². The molecular formula is C16H19NO4S. The number of amides is 1. The van der Waals surface area contributed by atoms with Crippen molar-refractivity contribution in [2.75, 3.05) is 19.7 Å². The van der Waals surface area contributed by atoms with Crippen LogP contribution in [0.1, 0.15) is 12.0 Å². The van der Waals surface area contributed by atoms with Crippen LogP contribution >= 0.6 is 11.3 Å². The molecule has 3 heterocycles. The number of fused-ring (bicyclic) bond motifs is 1. The molecule has 0 spiro atoms. The second-order valence-electron chi connectivity index (χ2n) is 6.69. The fraction of sp³-hybridized carbons (Fsp3) is 0.625. The number of carboxylic acids is 1. The van der Waals surface area contributed by atoms with Crippen LogP contribution in [0.25, 0.3) is 0 Å². The number of carbonyl (C=O) groups is 2. The van der Waals surface area contributed by atoms with Crippen molar-refractivity contribution in [3.8, 4) is 0 Å². The lowest BCUT2D eigenvalue weighted by molar-refractivity contribution is -0.153. The Labute approximate surface area is 132 Å². The quantitative estimate of drug-likeness (QED) is 0.912. The van der Waals surface area contributed by atoms with Crippen molar-refractivity contribution in [1.29, 1.82) is 0 Å². The standard InChI is InChI=1S/C16H19NO4S/c18-15(13-4-11-12(7-21-13)14(11)16(19)20)17-5-10(6-17)3-9-1-2-22-8-9/h1-2,8,10-14H,3-7H2,(H,19,20)/t11-,12+,13-,14-/m0/s1.